The first-order valence-corrected chi connectivity index (χ1v) is 11.7. The van der Waals surface area contributed by atoms with Crippen LogP contribution in [0.15, 0.2) is 53.5 Å². The van der Waals surface area contributed by atoms with Gasteiger partial charge in [0.15, 0.2) is 5.17 Å². The summed E-state index contributed by atoms with van der Waals surface area (Å²) in [5, 5.41) is 10.8. The number of amidine groups is 1. The van der Waals surface area contributed by atoms with Crippen LogP contribution in [0.25, 0.3) is 0 Å². The molecule has 0 saturated carbocycles. The molecule has 2 heterocycles. The van der Waals surface area contributed by atoms with Gasteiger partial charge in [-0.05, 0) is 36.4 Å². The van der Waals surface area contributed by atoms with E-state index < -0.39 is 10.2 Å². The summed E-state index contributed by atoms with van der Waals surface area (Å²) in [5.74, 6) is 0.497. The first-order chi connectivity index (χ1) is 16.4. The van der Waals surface area contributed by atoms with Crippen LogP contribution in [0.1, 0.15) is 6.42 Å². The Kier molecular flexibility index (Phi) is 7.01. The molecule has 4 rings (SSSR count). The summed E-state index contributed by atoms with van der Waals surface area (Å²) in [4.78, 5) is 46.2. The number of hydrogen-bond donors (Lipinski definition) is 0. The summed E-state index contributed by atoms with van der Waals surface area (Å²) >= 11 is 1.31. The molecule has 1 atom stereocenters. The van der Waals surface area contributed by atoms with Gasteiger partial charge in [-0.15, -0.1) is 0 Å². The lowest BCUT2D eigenvalue weighted by atomic mass is 10.2. The predicted octanol–water partition coefficient (Wildman–Crippen LogP) is 2.90. The van der Waals surface area contributed by atoms with Crippen molar-refractivity contribution < 1.29 is 19.2 Å². The number of methoxy groups -OCH3 is 1. The highest BCUT2D eigenvalue weighted by atomic mass is 32.2. The van der Waals surface area contributed by atoms with Gasteiger partial charge in [0, 0.05) is 57.5 Å². The van der Waals surface area contributed by atoms with Gasteiger partial charge in [-0.25, -0.2) is 4.99 Å². The number of piperazine rings is 1. The average Bonchev–Trinajstić information content (AvgIpc) is 2.87. The third-order valence-electron chi connectivity index (χ3n) is 5.86. The summed E-state index contributed by atoms with van der Waals surface area (Å²) in [6, 6.07) is 13.6. The van der Waals surface area contributed by atoms with E-state index in [0.29, 0.717) is 42.8 Å². The van der Waals surface area contributed by atoms with Gasteiger partial charge in [-0.2, -0.15) is 0 Å². The molecule has 0 aromatic heterocycles. The molecule has 2 aliphatic rings. The number of ether oxygens (including phenoxy) is 1. The minimum atomic E-state index is -0.522. The van der Waals surface area contributed by atoms with Crippen molar-refractivity contribution in [2.24, 2.45) is 4.99 Å². The van der Waals surface area contributed by atoms with Gasteiger partial charge < -0.3 is 14.5 Å². The van der Waals surface area contributed by atoms with Crippen LogP contribution >= 0.6 is 11.8 Å². The number of carbonyl (C=O) groups is 2. The number of nitro groups is 1. The van der Waals surface area contributed by atoms with Crippen molar-refractivity contribution >= 4 is 45.8 Å². The number of anilines is 1. The van der Waals surface area contributed by atoms with Gasteiger partial charge in [0.25, 0.3) is 5.69 Å². The molecule has 0 aliphatic carbocycles. The average molecular weight is 484 g/mol. The monoisotopic (exact) mass is 483 g/mol. The summed E-state index contributed by atoms with van der Waals surface area (Å²) in [7, 11) is 3.26. The molecular formula is C23H25N5O5S. The zero-order valence-corrected chi connectivity index (χ0v) is 19.7. The fourth-order valence-electron chi connectivity index (χ4n) is 3.83. The van der Waals surface area contributed by atoms with Gasteiger partial charge in [-0.3, -0.25) is 24.6 Å². The standard InChI is InChI=1S/C23H25N5O5S/c1-25-21(29)15-20(34-23(25)24-16-3-9-19(33-2)10-4-16)22(30)27-13-11-26(12-14-27)17-5-7-18(8-6-17)28(31)32/h3-10,20H,11-15H2,1-2H3. The second-order valence-corrected chi connectivity index (χ2v) is 9.11. The van der Waals surface area contributed by atoms with Crippen LogP contribution in [0, 0.1) is 10.1 Å². The Morgan fingerprint density at radius 1 is 1.09 bits per heavy atom. The first kappa shape index (κ1) is 23.6. The Morgan fingerprint density at radius 2 is 1.74 bits per heavy atom. The lowest BCUT2D eigenvalue weighted by Gasteiger charge is -2.38. The lowest BCUT2D eigenvalue weighted by molar-refractivity contribution is -0.384. The van der Waals surface area contributed by atoms with E-state index in [0.717, 1.165) is 5.69 Å². The van der Waals surface area contributed by atoms with Crippen LogP contribution in [0.4, 0.5) is 17.1 Å². The Hall–Kier alpha value is -3.60. The molecule has 0 N–H and O–H groups in total. The summed E-state index contributed by atoms with van der Waals surface area (Å²) < 4.78 is 5.16. The van der Waals surface area contributed by atoms with Crippen LogP contribution in [0.5, 0.6) is 5.75 Å². The smallest absolute Gasteiger partial charge is 0.269 e. The van der Waals surface area contributed by atoms with Crippen LogP contribution in [0.2, 0.25) is 0 Å². The molecule has 10 nitrogen and oxygen atoms in total. The van der Waals surface area contributed by atoms with E-state index in [-0.39, 0.29) is 23.9 Å². The van der Waals surface area contributed by atoms with E-state index in [1.807, 2.05) is 0 Å². The Bertz CT molecular complexity index is 1100. The molecule has 2 aliphatic heterocycles. The maximum Gasteiger partial charge on any atom is 0.269 e. The molecule has 2 aromatic carbocycles. The molecule has 0 bridgehead atoms. The number of nitrogens with zero attached hydrogens (tertiary/aromatic N) is 5. The van der Waals surface area contributed by atoms with Gasteiger partial charge >= 0.3 is 0 Å². The van der Waals surface area contributed by atoms with E-state index in [4.69, 9.17) is 4.74 Å². The maximum absolute atomic E-state index is 13.2. The number of benzene rings is 2. The Balaban J connectivity index is 1.39. The molecule has 11 heteroatoms. The SMILES string of the molecule is COc1ccc(N=C2SC(C(=O)N3CCN(c4ccc([N+](=O)[O-])cc4)CC3)CC(=O)N2C)cc1. The van der Waals surface area contributed by atoms with Crippen molar-refractivity contribution in [3.63, 3.8) is 0 Å². The first-order valence-electron chi connectivity index (χ1n) is 10.8. The zero-order valence-electron chi connectivity index (χ0n) is 18.9. The number of non-ortho nitro benzene ring substituents is 1. The molecule has 2 aromatic rings. The molecule has 2 saturated heterocycles. The minimum Gasteiger partial charge on any atom is -0.497 e. The third kappa shape index (κ3) is 5.14. The Morgan fingerprint density at radius 3 is 2.32 bits per heavy atom. The van der Waals surface area contributed by atoms with Gasteiger partial charge in [0.05, 0.1) is 17.7 Å². The number of amides is 2. The molecule has 34 heavy (non-hydrogen) atoms. The molecule has 2 fully saturated rings. The lowest BCUT2D eigenvalue weighted by Crippen LogP contribution is -2.53. The molecule has 2 amide bonds. The fourth-order valence-corrected chi connectivity index (χ4v) is 4.98. The Labute approximate surface area is 201 Å². The number of thioether (sulfide) groups is 1. The predicted molar refractivity (Wildman–Crippen MR) is 131 cm³/mol. The van der Waals surface area contributed by atoms with Crippen LogP contribution in [-0.4, -0.2) is 77.3 Å². The minimum absolute atomic E-state index is 0.0497. The summed E-state index contributed by atoms with van der Waals surface area (Å²) in [6.45, 7) is 2.26. The van der Waals surface area contributed by atoms with E-state index in [1.54, 1.807) is 55.5 Å². The summed E-state index contributed by atoms with van der Waals surface area (Å²) in [5.41, 5.74) is 1.61. The van der Waals surface area contributed by atoms with Crippen molar-refractivity contribution in [3.8, 4) is 5.75 Å². The number of hydrogen-bond acceptors (Lipinski definition) is 8. The number of rotatable bonds is 5. The largest absolute Gasteiger partial charge is 0.497 e. The van der Waals surface area contributed by atoms with Crippen LogP contribution in [0.3, 0.4) is 0 Å². The third-order valence-corrected chi connectivity index (χ3v) is 7.09. The highest BCUT2D eigenvalue weighted by Gasteiger charge is 2.37. The van der Waals surface area contributed by atoms with Gasteiger partial charge in [-0.1, -0.05) is 11.8 Å². The second-order valence-electron chi connectivity index (χ2n) is 7.94. The summed E-state index contributed by atoms with van der Waals surface area (Å²) in [6.07, 6.45) is 0.129. The van der Waals surface area contributed by atoms with Crippen molar-refractivity contribution in [1.29, 1.82) is 0 Å². The number of aliphatic imine (C=N–C) groups is 1. The fraction of sp³-hybridized carbons (Fsp3) is 0.348. The van der Waals surface area contributed by atoms with Crippen molar-refractivity contribution in [3.05, 3.63) is 58.6 Å². The van der Waals surface area contributed by atoms with Crippen LogP contribution < -0.4 is 9.64 Å². The van der Waals surface area contributed by atoms with E-state index in [2.05, 4.69) is 9.89 Å². The maximum atomic E-state index is 13.2. The molecular weight excluding hydrogens is 458 g/mol. The zero-order chi connectivity index (χ0) is 24.2. The molecule has 178 valence electrons. The highest BCUT2D eigenvalue weighted by Crippen LogP contribution is 2.30. The molecule has 0 radical (unpaired) electrons. The quantitative estimate of drug-likeness (QED) is 0.475. The van der Waals surface area contributed by atoms with Gasteiger partial charge in [0.2, 0.25) is 11.8 Å². The number of nitro benzene ring substituents is 1. The van der Waals surface area contributed by atoms with Crippen molar-refractivity contribution in [2.75, 3.05) is 45.2 Å². The van der Waals surface area contributed by atoms with E-state index in [1.165, 1.54) is 28.8 Å². The van der Waals surface area contributed by atoms with E-state index in [9.17, 15) is 19.7 Å². The normalized spacial score (nSPS) is 19.9. The molecule has 0 spiro atoms. The second kappa shape index (κ2) is 10.1. The van der Waals surface area contributed by atoms with E-state index >= 15 is 0 Å². The van der Waals surface area contributed by atoms with Crippen molar-refractivity contribution in [2.45, 2.75) is 11.7 Å². The van der Waals surface area contributed by atoms with Crippen molar-refractivity contribution in [1.82, 2.24) is 9.80 Å². The highest BCUT2D eigenvalue weighted by molar-refractivity contribution is 8.15. The van der Waals surface area contributed by atoms with Crippen LogP contribution in [-0.2, 0) is 9.59 Å². The molecule has 1 unspecified atom stereocenters. The topological polar surface area (TPSA) is 109 Å². The van der Waals surface area contributed by atoms with Gasteiger partial charge in [0.1, 0.15) is 11.0 Å². The number of carbonyl (C=O) groups excluding carboxylic acids is 2.